The summed E-state index contributed by atoms with van der Waals surface area (Å²) in [6.07, 6.45) is 29.3. The number of hydrogen-bond acceptors (Lipinski definition) is 10. The van der Waals surface area contributed by atoms with Gasteiger partial charge in [0.2, 0.25) is 0 Å². The van der Waals surface area contributed by atoms with Crippen LogP contribution in [0.25, 0.3) is 0 Å². The van der Waals surface area contributed by atoms with Crippen molar-refractivity contribution in [1.82, 2.24) is 0 Å². The summed E-state index contributed by atoms with van der Waals surface area (Å²) < 4.78 is 40.3. The van der Waals surface area contributed by atoms with Gasteiger partial charge in [-0.1, -0.05) is 114 Å². The van der Waals surface area contributed by atoms with Crippen molar-refractivity contribution in [1.29, 1.82) is 0 Å². The second-order valence-electron chi connectivity index (χ2n) is 17.1. The number of rotatable bonds is 37. The highest BCUT2D eigenvalue weighted by Gasteiger charge is 2.27. The zero-order chi connectivity index (χ0) is 45.4. The van der Waals surface area contributed by atoms with Gasteiger partial charge in [-0.25, -0.2) is 4.57 Å². The van der Waals surface area contributed by atoms with Crippen LogP contribution in [0.15, 0.2) is 53.0 Å². The van der Waals surface area contributed by atoms with Crippen LogP contribution >= 0.6 is 7.82 Å². The normalized spacial score (nSPS) is 15.0. The Kier molecular flexibility index (Phi) is 31.0. The number of unbranched alkanes of at least 4 members (excludes halogenated alkanes) is 10. The van der Waals surface area contributed by atoms with Crippen LogP contribution in [0, 0.1) is 13.8 Å². The summed E-state index contributed by atoms with van der Waals surface area (Å²) in [5.41, 5.74) is 2.60. The van der Waals surface area contributed by atoms with E-state index in [-0.39, 0.29) is 26.1 Å². The maximum Gasteiger partial charge on any atom is 0.472 e. The summed E-state index contributed by atoms with van der Waals surface area (Å²) in [6.45, 7) is 8.27. The van der Waals surface area contributed by atoms with Crippen LogP contribution in [0.3, 0.4) is 0 Å². The zero-order valence-corrected chi connectivity index (χ0v) is 39.7. The summed E-state index contributed by atoms with van der Waals surface area (Å²) >= 11 is 0. The lowest BCUT2D eigenvalue weighted by molar-refractivity contribution is -0.870. The number of phosphoric acid groups is 1. The van der Waals surface area contributed by atoms with Crippen molar-refractivity contribution in [2.24, 2.45) is 0 Å². The molecular weight excluding hydrogens is 797 g/mol. The number of phosphoric ester groups is 1. The van der Waals surface area contributed by atoms with Crippen LogP contribution in [0.2, 0.25) is 0 Å². The summed E-state index contributed by atoms with van der Waals surface area (Å²) in [5, 5.41) is 20.4. The Hall–Kier alpha value is -2.83. The van der Waals surface area contributed by atoms with Gasteiger partial charge in [0.1, 0.15) is 31.3 Å². The predicted molar refractivity (Wildman–Crippen MR) is 244 cm³/mol. The highest BCUT2D eigenvalue weighted by molar-refractivity contribution is 7.47. The summed E-state index contributed by atoms with van der Waals surface area (Å²) in [5.74, 6) is 1.21. The average molecular weight is 881 g/mol. The number of likely N-dealkylation sites (N-methyl/N-ethyl adjacent to an activating group) is 1. The molecule has 1 unspecified atom stereocenters. The molecule has 0 spiro atoms. The van der Waals surface area contributed by atoms with Crippen molar-refractivity contribution in [3.05, 3.63) is 71.3 Å². The van der Waals surface area contributed by atoms with E-state index in [1.54, 1.807) is 36.5 Å². The molecule has 0 aliphatic rings. The monoisotopic (exact) mass is 881 g/mol. The van der Waals surface area contributed by atoms with Crippen LogP contribution in [-0.2, 0) is 45.5 Å². The van der Waals surface area contributed by atoms with Crippen LogP contribution in [0.1, 0.15) is 152 Å². The molecule has 4 atom stereocenters. The number of carbonyl (C=O) groups is 2. The molecule has 61 heavy (non-hydrogen) atoms. The highest BCUT2D eigenvalue weighted by Crippen LogP contribution is 2.43. The first-order chi connectivity index (χ1) is 29.1. The number of allylic oxidation sites excluding steroid dienone is 5. The number of ether oxygens (including phenoxy) is 2. The molecule has 1 aromatic rings. The minimum absolute atomic E-state index is 0.0225. The van der Waals surface area contributed by atoms with Crippen molar-refractivity contribution in [3.8, 4) is 0 Å². The lowest BCUT2D eigenvalue weighted by atomic mass is 10.0. The van der Waals surface area contributed by atoms with Gasteiger partial charge in [-0.15, -0.1) is 0 Å². The second-order valence-corrected chi connectivity index (χ2v) is 18.5. The van der Waals surface area contributed by atoms with Crippen LogP contribution in [-0.4, -0.2) is 97.3 Å². The molecule has 3 N–H and O–H groups in total. The number of esters is 2. The van der Waals surface area contributed by atoms with E-state index in [4.69, 9.17) is 22.9 Å². The first-order valence-corrected chi connectivity index (χ1v) is 24.4. The quantitative estimate of drug-likeness (QED) is 0.0146. The third-order valence-corrected chi connectivity index (χ3v) is 11.2. The fourth-order valence-electron chi connectivity index (χ4n) is 6.31. The van der Waals surface area contributed by atoms with Crippen molar-refractivity contribution in [2.45, 2.75) is 174 Å². The van der Waals surface area contributed by atoms with Crippen LogP contribution in [0.4, 0.5) is 0 Å². The summed E-state index contributed by atoms with van der Waals surface area (Å²) in [4.78, 5) is 35.5. The van der Waals surface area contributed by atoms with Crippen molar-refractivity contribution >= 4 is 19.8 Å². The van der Waals surface area contributed by atoms with Crippen molar-refractivity contribution in [3.63, 3.8) is 0 Å². The number of aliphatic hydroxyl groups excluding tert-OH is 2. The Morgan fingerprint density at radius 3 is 1.95 bits per heavy atom. The van der Waals surface area contributed by atoms with Gasteiger partial charge in [-0.3, -0.25) is 18.6 Å². The highest BCUT2D eigenvalue weighted by atomic mass is 31.2. The van der Waals surface area contributed by atoms with Crippen molar-refractivity contribution in [2.75, 3.05) is 47.5 Å². The Bertz CT molecular complexity index is 1490. The molecule has 1 rings (SSSR count). The fraction of sp³-hybridized carbons (Fsp3) is 0.708. The lowest BCUT2D eigenvalue weighted by Gasteiger charge is -2.24. The lowest BCUT2D eigenvalue weighted by Crippen LogP contribution is -2.37. The minimum atomic E-state index is -4.46. The van der Waals surface area contributed by atoms with Gasteiger partial charge < -0.3 is 33.5 Å². The van der Waals surface area contributed by atoms with Gasteiger partial charge in [-0.05, 0) is 76.3 Å². The van der Waals surface area contributed by atoms with Crippen molar-refractivity contribution < 1.29 is 56.7 Å². The Morgan fingerprint density at radius 2 is 1.31 bits per heavy atom. The number of aliphatic hydroxyl groups is 2. The van der Waals surface area contributed by atoms with E-state index in [9.17, 15) is 29.3 Å². The van der Waals surface area contributed by atoms with E-state index >= 15 is 0 Å². The van der Waals surface area contributed by atoms with Crippen LogP contribution in [0.5, 0.6) is 0 Å². The van der Waals surface area contributed by atoms with E-state index < -0.39 is 44.7 Å². The molecule has 0 fully saturated rings. The minimum Gasteiger partial charge on any atom is -0.466 e. The van der Waals surface area contributed by atoms with E-state index in [2.05, 4.69) is 33.8 Å². The number of carbonyl (C=O) groups excluding carboxylic acids is 2. The first kappa shape index (κ1) is 56.2. The van der Waals surface area contributed by atoms with Crippen LogP contribution < -0.4 is 0 Å². The molecular formula is C48H83NO11P+. The molecule has 1 heterocycles. The second kappa shape index (κ2) is 33.7. The Labute approximate surface area is 368 Å². The zero-order valence-electron chi connectivity index (χ0n) is 38.8. The van der Waals surface area contributed by atoms with Gasteiger partial charge in [-0.2, -0.15) is 0 Å². The molecule has 0 radical (unpaired) electrons. The van der Waals surface area contributed by atoms with Gasteiger partial charge in [0, 0.05) is 25.7 Å². The molecule has 0 saturated heterocycles. The molecule has 0 aromatic carbocycles. The predicted octanol–water partition coefficient (Wildman–Crippen LogP) is 10.3. The van der Waals surface area contributed by atoms with Gasteiger partial charge >= 0.3 is 19.8 Å². The Morgan fingerprint density at radius 1 is 0.705 bits per heavy atom. The average Bonchev–Trinajstić information content (AvgIpc) is 3.46. The molecule has 13 heteroatoms. The third-order valence-electron chi connectivity index (χ3n) is 10.2. The third kappa shape index (κ3) is 30.8. The van der Waals surface area contributed by atoms with E-state index in [0.29, 0.717) is 36.7 Å². The SMILES string of the molecule is CCCCC/C=C\C[C@H](O)/C=C/C=C/C=C\[C@H](O)CCCC(=O)O[C@H](COC(=O)CCCCCCCCCCc1oc(CCC)c(C)c1C)COP(=O)(O)OCC[N+](C)(C)C. The number of furan rings is 1. The van der Waals surface area contributed by atoms with Gasteiger partial charge in [0.25, 0.3) is 0 Å². The topological polar surface area (TPSA) is 162 Å². The molecule has 0 bridgehead atoms. The number of aryl methyl sites for hydroxylation is 2. The van der Waals surface area contributed by atoms with Gasteiger partial charge in [0.15, 0.2) is 6.10 Å². The van der Waals surface area contributed by atoms with E-state index in [1.165, 1.54) is 43.2 Å². The molecule has 12 nitrogen and oxygen atoms in total. The molecule has 0 aliphatic carbocycles. The first-order valence-electron chi connectivity index (χ1n) is 22.9. The summed E-state index contributed by atoms with van der Waals surface area (Å²) in [7, 11) is 1.29. The largest absolute Gasteiger partial charge is 0.472 e. The van der Waals surface area contributed by atoms with Gasteiger partial charge in [0.05, 0.1) is 40.0 Å². The smallest absolute Gasteiger partial charge is 0.466 e. The molecule has 0 amide bonds. The standard InChI is InChI=1S/C48H82NO11P/c1-8-10-11-12-17-22-29-42(50)30-23-20-21-24-31-43(51)32-27-35-48(53)59-44(39-58-61(54,55)57-37-36-49(5,6)7)38-56-47(52)34-26-19-16-14-13-15-18-25-33-46-41(4)40(3)45(60-46)28-9-2/h17,20-24,30-31,42-44,50-51H,8-16,18-19,25-29,32-39H2,1-7H3/p+1/b21-20+,22-17-,30-23+,31-24-/t42-,43-,44+/m0/s1. The summed E-state index contributed by atoms with van der Waals surface area (Å²) in [6, 6.07) is 0. The molecule has 350 valence electrons. The number of nitrogens with zero attached hydrogens (tertiary/aromatic N) is 1. The van der Waals surface area contributed by atoms with E-state index in [1.807, 2.05) is 27.2 Å². The number of hydrogen-bond donors (Lipinski definition) is 3. The Balaban J connectivity index is 2.45. The number of quaternary nitrogens is 1. The molecule has 0 saturated carbocycles. The fourth-order valence-corrected chi connectivity index (χ4v) is 7.05. The molecule has 1 aromatic heterocycles. The van der Waals surface area contributed by atoms with E-state index in [0.717, 1.165) is 69.3 Å². The maximum atomic E-state index is 12.7. The molecule has 0 aliphatic heterocycles. The maximum absolute atomic E-state index is 12.7.